The summed E-state index contributed by atoms with van der Waals surface area (Å²) in [7, 11) is 3.90. The third-order valence-electron chi connectivity index (χ3n) is 10.3. The molecule has 0 radical (unpaired) electrons. The topological polar surface area (TPSA) is 222 Å². The van der Waals surface area contributed by atoms with Crippen LogP contribution in [0.4, 0.5) is 11.8 Å². The average molecular weight is 906 g/mol. The van der Waals surface area contributed by atoms with Gasteiger partial charge in [0, 0.05) is 46.2 Å². The van der Waals surface area contributed by atoms with E-state index in [1.165, 1.54) is 12.5 Å². The minimum absolute atomic E-state index is 0.0686. The third-order valence-corrected chi connectivity index (χ3v) is 10.3. The highest BCUT2D eigenvalue weighted by atomic mass is 16.6. The monoisotopic (exact) mass is 905 g/mol. The number of aromatic nitrogens is 5. The second kappa shape index (κ2) is 26.6. The van der Waals surface area contributed by atoms with E-state index in [0.717, 1.165) is 45.7 Å². The second-order valence-electron chi connectivity index (χ2n) is 15.3. The maximum Gasteiger partial charge on any atom is 0.292 e. The number of carbonyl (C=O) groups excluding carboxylic acids is 2. The van der Waals surface area contributed by atoms with Gasteiger partial charge in [0.1, 0.15) is 23.4 Å². The molecule has 0 saturated carbocycles. The maximum absolute atomic E-state index is 13.1. The Labute approximate surface area is 378 Å². The Morgan fingerprint density at radius 1 is 0.754 bits per heavy atom. The van der Waals surface area contributed by atoms with E-state index in [2.05, 4.69) is 38.5 Å². The van der Waals surface area contributed by atoms with Crippen LogP contribution >= 0.6 is 0 Å². The largest absolute Gasteiger partial charge is 0.424 e. The second-order valence-corrected chi connectivity index (χ2v) is 15.3. The molecule has 3 aromatic heterocycles. The van der Waals surface area contributed by atoms with Gasteiger partial charge in [-0.25, -0.2) is 14.6 Å². The first-order valence-electron chi connectivity index (χ1n) is 22.1. The molecule has 1 aliphatic rings. The van der Waals surface area contributed by atoms with Crippen LogP contribution in [-0.2, 0) is 67.0 Å². The van der Waals surface area contributed by atoms with Crippen molar-refractivity contribution in [1.29, 1.82) is 0 Å². The van der Waals surface area contributed by atoms with Crippen molar-refractivity contribution in [2.45, 2.75) is 32.9 Å². The number of oxazole rings is 1. The molecule has 4 heterocycles. The van der Waals surface area contributed by atoms with E-state index in [4.69, 9.17) is 53.1 Å². The first-order chi connectivity index (χ1) is 31.8. The lowest BCUT2D eigenvalue weighted by Crippen LogP contribution is -2.36. The number of nitrogens with one attached hydrogen (secondary N) is 1. The summed E-state index contributed by atoms with van der Waals surface area (Å²) in [4.78, 5) is 41.2. The molecular weight excluding hydrogens is 843 g/mol. The Balaban J connectivity index is 0.779. The Morgan fingerprint density at radius 3 is 1.95 bits per heavy atom. The summed E-state index contributed by atoms with van der Waals surface area (Å²) in [5, 5.41) is 8.56. The number of nitrogen functional groups attached to an aromatic ring is 1. The van der Waals surface area contributed by atoms with Crippen LogP contribution in [0.3, 0.4) is 0 Å². The normalized spacial score (nSPS) is 12.6. The van der Waals surface area contributed by atoms with Gasteiger partial charge in [-0.05, 0) is 41.3 Å². The van der Waals surface area contributed by atoms with Crippen LogP contribution in [0, 0.1) is 0 Å². The van der Waals surface area contributed by atoms with Crippen molar-refractivity contribution < 1.29 is 51.9 Å². The molecule has 0 unspecified atom stereocenters. The standard InChI is InChI=1S/C45H63N9O11/c1-33(55)47-10-13-58-15-17-60-19-21-62-23-25-64-27-26-63-24-22-61-20-18-59-16-14-57-12-9-40(56)53-11-8-35-28-34(4-5-37(35)31-53)30-54-44-41(43(52(2)3)48-32-49-44)42(51-54)36-6-7-39-38(29-36)50-45(46)65-39/h4-7,28-29,32H,8-27,30-31H2,1-3H3,(H2,46,50)(H,47,55). The van der Waals surface area contributed by atoms with Gasteiger partial charge in [-0.15, -0.1) is 0 Å². The molecule has 20 heteroatoms. The average Bonchev–Trinajstić information content (AvgIpc) is 3.87. The van der Waals surface area contributed by atoms with E-state index in [1.54, 1.807) is 6.33 Å². The van der Waals surface area contributed by atoms with E-state index >= 15 is 0 Å². The van der Waals surface area contributed by atoms with E-state index in [9.17, 15) is 9.59 Å². The lowest BCUT2D eigenvalue weighted by molar-refractivity contribution is -0.133. The van der Waals surface area contributed by atoms with Gasteiger partial charge in [0.25, 0.3) is 6.01 Å². The number of benzene rings is 2. The van der Waals surface area contributed by atoms with E-state index in [0.29, 0.717) is 149 Å². The maximum atomic E-state index is 13.1. The molecule has 6 rings (SSSR count). The molecule has 0 aliphatic carbocycles. The lowest BCUT2D eigenvalue weighted by Gasteiger charge is -2.29. The number of amides is 2. The van der Waals surface area contributed by atoms with Gasteiger partial charge >= 0.3 is 0 Å². The highest BCUT2D eigenvalue weighted by Crippen LogP contribution is 2.34. The number of fused-ring (bicyclic) bond motifs is 3. The van der Waals surface area contributed by atoms with Crippen LogP contribution in [0.5, 0.6) is 0 Å². The predicted molar refractivity (Wildman–Crippen MR) is 242 cm³/mol. The molecule has 20 nitrogen and oxygen atoms in total. The molecule has 2 amide bonds. The Hall–Kier alpha value is -5.32. The van der Waals surface area contributed by atoms with Crippen molar-refractivity contribution in [3.63, 3.8) is 0 Å². The molecule has 0 bridgehead atoms. The van der Waals surface area contributed by atoms with Crippen molar-refractivity contribution in [3.05, 3.63) is 59.4 Å². The first kappa shape index (κ1) is 49.1. The summed E-state index contributed by atoms with van der Waals surface area (Å²) in [6.07, 6.45) is 2.65. The van der Waals surface area contributed by atoms with Crippen LogP contribution in [-0.4, -0.2) is 174 Å². The fraction of sp³-hybridized carbons (Fsp3) is 0.556. The summed E-state index contributed by atoms with van der Waals surface area (Å²) < 4.78 is 51.5. The summed E-state index contributed by atoms with van der Waals surface area (Å²) in [5.41, 5.74) is 12.9. The number of ether oxygens (including phenoxy) is 8. The van der Waals surface area contributed by atoms with Gasteiger partial charge in [0.2, 0.25) is 11.8 Å². The van der Waals surface area contributed by atoms with Crippen molar-refractivity contribution in [2.24, 2.45) is 0 Å². The molecule has 5 aromatic rings. The summed E-state index contributed by atoms with van der Waals surface area (Å²) in [6.45, 7) is 11.0. The molecule has 1 aliphatic heterocycles. The zero-order valence-corrected chi connectivity index (χ0v) is 37.8. The van der Waals surface area contributed by atoms with Crippen LogP contribution in [0.2, 0.25) is 0 Å². The predicted octanol–water partition coefficient (Wildman–Crippen LogP) is 2.87. The molecule has 0 spiro atoms. The molecule has 354 valence electrons. The van der Waals surface area contributed by atoms with Crippen molar-refractivity contribution in [2.75, 3.05) is 144 Å². The highest BCUT2D eigenvalue weighted by Gasteiger charge is 2.23. The number of nitrogens with zero attached hydrogens (tertiary/aromatic N) is 7. The first-order valence-corrected chi connectivity index (χ1v) is 22.1. The van der Waals surface area contributed by atoms with Gasteiger partial charge in [-0.3, -0.25) is 9.59 Å². The van der Waals surface area contributed by atoms with Gasteiger partial charge < -0.3 is 63.2 Å². The van der Waals surface area contributed by atoms with Gasteiger partial charge in [0.05, 0.1) is 124 Å². The summed E-state index contributed by atoms with van der Waals surface area (Å²) in [5.74, 6) is 0.768. The van der Waals surface area contributed by atoms with Crippen molar-refractivity contribution >= 4 is 45.8 Å². The molecule has 0 atom stereocenters. The Morgan fingerprint density at radius 2 is 1.35 bits per heavy atom. The third kappa shape index (κ3) is 15.7. The minimum Gasteiger partial charge on any atom is -0.424 e. The minimum atomic E-state index is -0.0686. The molecule has 0 fully saturated rings. The van der Waals surface area contributed by atoms with E-state index in [1.807, 2.05) is 46.8 Å². The number of nitrogens with two attached hydrogens (primary N) is 1. The zero-order chi connectivity index (χ0) is 45.6. The Bertz CT molecular complexity index is 2230. The zero-order valence-electron chi connectivity index (χ0n) is 37.8. The molecule has 3 N–H and O–H groups in total. The molecule has 2 aromatic carbocycles. The fourth-order valence-corrected chi connectivity index (χ4v) is 7.09. The molecule has 0 saturated heterocycles. The fourth-order valence-electron chi connectivity index (χ4n) is 7.09. The van der Waals surface area contributed by atoms with E-state index < -0.39 is 0 Å². The number of anilines is 2. The summed E-state index contributed by atoms with van der Waals surface area (Å²) in [6, 6.07) is 12.2. The SMILES string of the molecule is CC(=O)NCCOCCOCCOCCOCCOCCOCCOCCOCCC(=O)N1CCc2cc(Cn3nc(-c4ccc5oc(N)nc5c4)c4c(N(C)C)ncnc43)ccc2C1. The van der Waals surface area contributed by atoms with Crippen LogP contribution < -0.4 is 16.0 Å². The summed E-state index contributed by atoms with van der Waals surface area (Å²) >= 11 is 0. The van der Waals surface area contributed by atoms with Crippen molar-refractivity contribution in [3.8, 4) is 11.3 Å². The molecular formula is C45H63N9O11. The van der Waals surface area contributed by atoms with Crippen LogP contribution in [0.15, 0.2) is 47.1 Å². The van der Waals surface area contributed by atoms with Gasteiger partial charge in [-0.1, -0.05) is 18.2 Å². The van der Waals surface area contributed by atoms with Gasteiger partial charge in [-0.2, -0.15) is 10.1 Å². The van der Waals surface area contributed by atoms with E-state index in [-0.39, 0.29) is 17.8 Å². The lowest BCUT2D eigenvalue weighted by atomic mass is 9.97. The number of hydrogen-bond acceptors (Lipinski definition) is 17. The van der Waals surface area contributed by atoms with Gasteiger partial charge in [0.15, 0.2) is 11.2 Å². The van der Waals surface area contributed by atoms with Crippen LogP contribution in [0.25, 0.3) is 33.4 Å². The smallest absolute Gasteiger partial charge is 0.292 e. The number of rotatable bonds is 31. The Kier molecular flexibility index (Phi) is 20.1. The highest BCUT2D eigenvalue weighted by molar-refractivity contribution is 6.00. The number of carbonyl (C=O) groups is 2. The molecule has 65 heavy (non-hydrogen) atoms. The van der Waals surface area contributed by atoms with Crippen molar-refractivity contribution in [1.82, 2.24) is 34.9 Å². The number of hydrogen-bond donors (Lipinski definition) is 2. The quantitative estimate of drug-likeness (QED) is 0.0611. The van der Waals surface area contributed by atoms with Crippen LogP contribution in [0.1, 0.15) is 30.0 Å².